The van der Waals surface area contributed by atoms with Crippen LogP contribution >= 0.6 is 0 Å². The van der Waals surface area contributed by atoms with Gasteiger partial charge in [0, 0.05) is 44.1 Å². The zero-order valence-electron chi connectivity index (χ0n) is 20.3. The Kier molecular flexibility index (Phi) is 7.99. The van der Waals surface area contributed by atoms with Crippen molar-refractivity contribution in [3.8, 4) is 0 Å². The van der Waals surface area contributed by atoms with Crippen molar-refractivity contribution in [2.75, 3.05) is 33.4 Å². The van der Waals surface area contributed by atoms with E-state index in [9.17, 15) is 4.79 Å². The zero-order valence-corrected chi connectivity index (χ0v) is 20.3. The van der Waals surface area contributed by atoms with Gasteiger partial charge < -0.3 is 9.47 Å². The van der Waals surface area contributed by atoms with E-state index in [4.69, 9.17) is 9.84 Å². The number of methoxy groups -OCH3 is 1. The Hall–Kier alpha value is -2.44. The van der Waals surface area contributed by atoms with Crippen LogP contribution in [0.1, 0.15) is 59.8 Å². The average Bonchev–Trinajstić information content (AvgIpc) is 3.41. The van der Waals surface area contributed by atoms with Gasteiger partial charge in [0.1, 0.15) is 0 Å². The Balaban J connectivity index is 1.37. The predicted octanol–water partition coefficient (Wildman–Crippen LogP) is 4.49. The van der Waals surface area contributed by atoms with E-state index in [-0.39, 0.29) is 5.97 Å². The van der Waals surface area contributed by atoms with E-state index in [0.717, 1.165) is 57.7 Å². The van der Waals surface area contributed by atoms with E-state index in [2.05, 4.69) is 52.4 Å². The first-order valence-corrected chi connectivity index (χ1v) is 12.3. The summed E-state index contributed by atoms with van der Waals surface area (Å²) in [5, 5.41) is 4.89. The third-order valence-corrected chi connectivity index (χ3v) is 7.25. The summed E-state index contributed by atoms with van der Waals surface area (Å²) in [4.78, 5) is 13.9. The number of hydrogen-bond acceptors (Lipinski definition) is 5. The molecule has 0 bridgehead atoms. The molecule has 1 atom stereocenters. The Morgan fingerprint density at radius 2 is 1.94 bits per heavy atom. The van der Waals surface area contributed by atoms with Gasteiger partial charge in [-0.3, -0.25) is 9.58 Å². The third-order valence-electron chi connectivity index (χ3n) is 7.25. The molecule has 1 aromatic heterocycles. The van der Waals surface area contributed by atoms with Crippen molar-refractivity contribution in [2.45, 2.75) is 58.5 Å². The Labute approximate surface area is 197 Å². The van der Waals surface area contributed by atoms with Gasteiger partial charge >= 0.3 is 5.97 Å². The molecule has 6 heteroatoms. The summed E-state index contributed by atoms with van der Waals surface area (Å²) in [6.07, 6.45) is 9.01. The van der Waals surface area contributed by atoms with Crippen LogP contribution in [0.4, 0.5) is 0 Å². The van der Waals surface area contributed by atoms with Gasteiger partial charge in [0.05, 0.1) is 12.8 Å². The number of hydrogen-bond donors (Lipinski definition) is 0. The summed E-state index contributed by atoms with van der Waals surface area (Å²) >= 11 is 0. The fraction of sp³-hybridized carbons (Fsp3) is 0.556. The number of esters is 1. The predicted molar refractivity (Wildman–Crippen MR) is 130 cm³/mol. The van der Waals surface area contributed by atoms with Crippen molar-refractivity contribution < 1.29 is 14.3 Å². The molecule has 0 amide bonds. The molecule has 0 saturated carbocycles. The summed E-state index contributed by atoms with van der Waals surface area (Å²) in [5.74, 6) is 0.348. The van der Waals surface area contributed by atoms with E-state index < -0.39 is 0 Å². The minimum Gasteiger partial charge on any atom is -0.466 e. The Morgan fingerprint density at radius 1 is 1.18 bits per heavy atom. The van der Waals surface area contributed by atoms with Crippen molar-refractivity contribution in [1.29, 1.82) is 0 Å². The highest BCUT2D eigenvalue weighted by Crippen LogP contribution is 2.32. The van der Waals surface area contributed by atoms with Crippen LogP contribution in [0.2, 0.25) is 0 Å². The minimum absolute atomic E-state index is 0.331. The van der Waals surface area contributed by atoms with Crippen molar-refractivity contribution in [1.82, 2.24) is 14.7 Å². The van der Waals surface area contributed by atoms with Gasteiger partial charge in [0.15, 0.2) is 0 Å². The van der Waals surface area contributed by atoms with Crippen LogP contribution in [0.5, 0.6) is 0 Å². The van der Waals surface area contributed by atoms with E-state index in [0.29, 0.717) is 12.0 Å². The number of aryl methyl sites for hydroxylation is 1. The SMILES string of the molecule is COC(=O)C=Cc1ccc(C2CCCN2CCc2c(C)nn(CC3CCOCC3)c2C)cc1. The molecule has 2 saturated heterocycles. The van der Waals surface area contributed by atoms with Gasteiger partial charge in [0.2, 0.25) is 0 Å². The number of rotatable bonds is 8. The normalized spacial score (nSPS) is 20.0. The summed E-state index contributed by atoms with van der Waals surface area (Å²) in [7, 11) is 1.39. The average molecular weight is 452 g/mol. The second-order valence-corrected chi connectivity index (χ2v) is 9.35. The first-order valence-electron chi connectivity index (χ1n) is 12.3. The van der Waals surface area contributed by atoms with Gasteiger partial charge in [0.25, 0.3) is 0 Å². The number of carbonyl (C=O) groups is 1. The quantitative estimate of drug-likeness (QED) is 0.437. The highest BCUT2D eigenvalue weighted by Gasteiger charge is 2.26. The first kappa shape index (κ1) is 23.7. The molecule has 0 N–H and O–H groups in total. The molecule has 0 aliphatic carbocycles. The number of aromatic nitrogens is 2. The summed E-state index contributed by atoms with van der Waals surface area (Å²) < 4.78 is 12.4. The van der Waals surface area contributed by atoms with Gasteiger partial charge in [-0.2, -0.15) is 5.10 Å². The second kappa shape index (κ2) is 11.1. The van der Waals surface area contributed by atoms with E-state index in [1.807, 2.05) is 0 Å². The summed E-state index contributed by atoms with van der Waals surface area (Å²) in [5.41, 5.74) is 6.29. The largest absolute Gasteiger partial charge is 0.466 e. The lowest BCUT2D eigenvalue weighted by molar-refractivity contribution is -0.134. The number of likely N-dealkylation sites (tertiary alicyclic amines) is 1. The molecule has 2 aliphatic rings. The lowest BCUT2D eigenvalue weighted by Gasteiger charge is -2.25. The van der Waals surface area contributed by atoms with E-state index >= 15 is 0 Å². The molecule has 0 radical (unpaired) electrons. The number of nitrogens with zero attached hydrogens (tertiary/aromatic N) is 3. The summed E-state index contributed by atoms with van der Waals surface area (Å²) in [6.45, 7) is 9.37. The second-order valence-electron chi connectivity index (χ2n) is 9.35. The molecule has 4 rings (SSSR count). The van der Waals surface area contributed by atoms with Crippen LogP contribution in [-0.4, -0.2) is 54.1 Å². The van der Waals surface area contributed by atoms with E-state index in [1.54, 1.807) is 6.08 Å². The highest BCUT2D eigenvalue weighted by molar-refractivity contribution is 5.86. The van der Waals surface area contributed by atoms with Crippen molar-refractivity contribution in [3.63, 3.8) is 0 Å². The Bertz CT molecular complexity index is 958. The Morgan fingerprint density at radius 3 is 2.67 bits per heavy atom. The van der Waals surface area contributed by atoms with Gasteiger partial charge in [-0.15, -0.1) is 0 Å². The summed E-state index contributed by atoms with van der Waals surface area (Å²) in [6, 6.07) is 9.02. The number of ether oxygens (including phenoxy) is 2. The molecule has 178 valence electrons. The molecule has 3 heterocycles. The van der Waals surface area contributed by atoms with Crippen molar-refractivity contribution in [3.05, 3.63) is 58.4 Å². The maximum absolute atomic E-state index is 11.3. The molecular weight excluding hydrogens is 414 g/mol. The smallest absolute Gasteiger partial charge is 0.330 e. The van der Waals surface area contributed by atoms with Crippen LogP contribution in [-0.2, 0) is 27.2 Å². The maximum Gasteiger partial charge on any atom is 0.330 e. The van der Waals surface area contributed by atoms with Gasteiger partial charge in [-0.05, 0) is 81.2 Å². The van der Waals surface area contributed by atoms with Gasteiger partial charge in [-0.25, -0.2) is 4.79 Å². The minimum atomic E-state index is -0.331. The molecule has 1 aromatic carbocycles. The van der Waals surface area contributed by atoms with Crippen LogP contribution in [0.25, 0.3) is 6.08 Å². The standard InChI is InChI=1S/C27H37N3O3/c1-20-25(21(2)30(28-20)19-23-13-17-33-18-14-23)12-16-29-15-4-5-26(29)24-9-6-22(7-10-24)8-11-27(31)32-3/h6-11,23,26H,4-5,12-19H2,1-3H3. The number of benzene rings is 1. The van der Waals surface area contributed by atoms with Crippen molar-refractivity contribution in [2.24, 2.45) is 5.92 Å². The fourth-order valence-corrected chi connectivity index (χ4v) is 5.24. The molecule has 2 aliphatic heterocycles. The molecule has 2 fully saturated rings. The highest BCUT2D eigenvalue weighted by atomic mass is 16.5. The zero-order chi connectivity index (χ0) is 23.2. The molecular formula is C27H37N3O3. The lowest BCUT2D eigenvalue weighted by atomic mass is 10.0. The van der Waals surface area contributed by atoms with Crippen LogP contribution in [0.3, 0.4) is 0 Å². The third kappa shape index (κ3) is 5.92. The first-order chi connectivity index (χ1) is 16.0. The maximum atomic E-state index is 11.3. The number of carbonyl (C=O) groups excluding carboxylic acids is 1. The molecule has 33 heavy (non-hydrogen) atoms. The topological polar surface area (TPSA) is 56.6 Å². The monoisotopic (exact) mass is 451 g/mol. The lowest BCUT2D eigenvalue weighted by Crippen LogP contribution is -2.26. The van der Waals surface area contributed by atoms with Crippen LogP contribution < -0.4 is 0 Å². The van der Waals surface area contributed by atoms with E-state index in [1.165, 1.54) is 48.5 Å². The van der Waals surface area contributed by atoms with Crippen molar-refractivity contribution >= 4 is 12.0 Å². The van der Waals surface area contributed by atoms with Gasteiger partial charge in [-0.1, -0.05) is 24.3 Å². The molecule has 6 nitrogen and oxygen atoms in total. The molecule has 2 aromatic rings. The van der Waals surface area contributed by atoms with Crippen LogP contribution in [0, 0.1) is 19.8 Å². The molecule has 1 unspecified atom stereocenters. The molecule has 0 spiro atoms. The van der Waals surface area contributed by atoms with Crippen LogP contribution in [0.15, 0.2) is 30.3 Å². The fourth-order valence-electron chi connectivity index (χ4n) is 5.24.